The second-order valence-electron chi connectivity index (χ2n) is 9.88. The van der Waals surface area contributed by atoms with Crippen molar-refractivity contribution in [2.24, 2.45) is 5.92 Å². The molecule has 43 heavy (non-hydrogen) atoms. The van der Waals surface area contributed by atoms with Crippen molar-refractivity contribution in [1.82, 2.24) is 4.57 Å². The van der Waals surface area contributed by atoms with E-state index in [0.717, 1.165) is 46.2 Å². The largest absolute Gasteiger partial charge is 0.496 e. The van der Waals surface area contributed by atoms with Gasteiger partial charge in [-0.2, -0.15) is 13.2 Å². The Kier molecular flexibility index (Phi) is 7.38. The van der Waals surface area contributed by atoms with Gasteiger partial charge in [-0.1, -0.05) is 65.6 Å². The number of fused-ring (bicyclic) bond motifs is 2. The van der Waals surface area contributed by atoms with Gasteiger partial charge >= 0.3 is 11.0 Å². The Morgan fingerprint density at radius 1 is 0.953 bits per heavy atom. The van der Waals surface area contributed by atoms with Crippen molar-refractivity contribution in [2.45, 2.75) is 28.9 Å². The van der Waals surface area contributed by atoms with E-state index in [1.165, 1.54) is 17.7 Å². The summed E-state index contributed by atoms with van der Waals surface area (Å²) >= 11 is 1.84. The average molecular weight is 626 g/mol. The predicted octanol–water partition coefficient (Wildman–Crippen LogP) is 5.37. The second-order valence-corrected chi connectivity index (χ2v) is 12.0. The smallest absolute Gasteiger partial charge is 0.416 e. The third kappa shape index (κ3) is 5.12. The maximum Gasteiger partial charge on any atom is 0.416 e. The molecule has 3 aromatic carbocycles. The summed E-state index contributed by atoms with van der Waals surface area (Å²) in [5, 5.41) is 2.02. The van der Waals surface area contributed by atoms with Crippen LogP contribution in [-0.4, -0.2) is 34.6 Å². The molecule has 0 radical (unpaired) electrons. The Morgan fingerprint density at radius 3 is 2.40 bits per heavy atom. The zero-order chi connectivity index (χ0) is 30.5. The zero-order valence-electron chi connectivity index (χ0n) is 22.3. The summed E-state index contributed by atoms with van der Waals surface area (Å²) in [7, 11) is 1.45. The van der Waals surface area contributed by atoms with Crippen LogP contribution in [0.25, 0.3) is 0 Å². The highest BCUT2D eigenvalue weighted by atomic mass is 32.2. The third-order valence-electron chi connectivity index (χ3n) is 7.31. The Bertz CT molecular complexity index is 1800. The molecule has 0 aliphatic carbocycles. The first-order valence-electron chi connectivity index (χ1n) is 13.0. The van der Waals surface area contributed by atoms with E-state index in [4.69, 9.17) is 4.74 Å². The Morgan fingerprint density at radius 2 is 1.67 bits per heavy atom. The van der Waals surface area contributed by atoms with Crippen LogP contribution in [0.2, 0.25) is 0 Å². The van der Waals surface area contributed by atoms with Crippen LogP contribution in [0, 0.1) is 5.92 Å². The minimum Gasteiger partial charge on any atom is -0.496 e. The minimum absolute atomic E-state index is 0.193. The molecule has 0 spiro atoms. The van der Waals surface area contributed by atoms with Crippen LogP contribution in [-0.2, 0) is 27.1 Å². The number of anilines is 2. The maximum atomic E-state index is 14.0. The molecular formula is C30H22F3N3O5S2. The number of rotatable bonds is 6. The van der Waals surface area contributed by atoms with Gasteiger partial charge in [-0.05, 0) is 36.4 Å². The lowest BCUT2D eigenvalue weighted by molar-refractivity contribution is -0.137. The van der Waals surface area contributed by atoms with Crippen LogP contribution in [0.1, 0.15) is 21.9 Å². The van der Waals surface area contributed by atoms with Crippen LogP contribution in [0.3, 0.4) is 0 Å². The van der Waals surface area contributed by atoms with Gasteiger partial charge in [0.2, 0.25) is 17.7 Å². The van der Waals surface area contributed by atoms with Crippen molar-refractivity contribution in [3.05, 3.63) is 105 Å². The first-order valence-corrected chi connectivity index (χ1v) is 14.7. The number of carbonyl (C=O) groups is 3. The van der Waals surface area contributed by atoms with E-state index in [9.17, 15) is 32.3 Å². The molecule has 3 unspecified atom stereocenters. The number of imide groups is 1. The number of methoxy groups -OCH3 is 1. The zero-order valence-corrected chi connectivity index (χ0v) is 24.0. The molecule has 13 heteroatoms. The van der Waals surface area contributed by atoms with Gasteiger partial charge in [-0.3, -0.25) is 23.7 Å². The first kappa shape index (κ1) is 28.7. The normalized spacial score (nSPS) is 19.6. The molecule has 0 saturated carbocycles. The molecule has 1 fully saturated rings. The maximum absolute atomic E-state index is 14.0. The quantitative estimate of drug-likeness (QED) is 0.290. The summed E-state index contributed by atoms with van der Waals surface area (Å²) < 4.78 is 47.4. The van der Waals surface area contributed by atoms with E-state index < -0.39 is 51.4 Å². The summed E-state index contributed by atoms with van der Waals surface area (Å²) in [6.07, 6.45) is -4.68. The van der Waals surface area contributed by atoms with Gasteiger partial charge < -0.3 is 10.1 Å². The van der Waals surface area contributed by atoms with E-state index in [1.54, 1.807) is 54.6 Å². The molecule has 0 bridgehead atoms. The van der Waals surface area contributed by atoms with Gasteiger partial charge in [0.15, 0.2) is 0 Å². The fourth-order valence-corrected chi connectivity index (χ4v) is 8.22. The first-order chi connectivity index (χ1) is 20.6. The molecule has 3 amide bonds. The summed E-state index contributed by atoms with van der Waals surface area (Å²) in [5.41, 5.74) is -0.110. The Labute approximate surface area is 251 Å². The summed E-state index contributed by atoms with van der Waals surface area (Å²) in [6, 6.07) is 19.6. The number of aromatic nitrogens is 1. The predicted molar refractivity (Wildman–Crippen MR) is 156 cm³/mol. The molecule has 1 N–H and O–H groups in total. The summed E-state index contributed by atoms with van der Waals surface area (Å²) in [4.78, 5) is 54.9. The number of alkyl halides is 3. The van der Waals surface area contributed by atoms with Crippen LogP contribution in [0.15, 0.2) is 88.7 Å². The van der Waals surface area contributed by atoms with Crippen LogP contribution in [0.4, 0.5) is 24.5 Å². The average Bonchev–Trinajstić information content (AvgIpc) is 3.43. The number of hydrogen-bond acceptors (Lipinski definition) is 7. The number of hydrogen-bond donors (Lipinski definition) is 1. The van der Waals surface area contributed by atoms with Crippen molar-refractivity contribution in [3.63, 3.8) is 0 Å². The van der Waals surface area contributed by atoms with Crippen molar-refractivity contribution in [3.8, 4) is 5.75 Å². The number of ether oxygens (including phenoxy) is 1. The van der Waals surface area contributed by atoms with Crippen LogP contribution in [0.5, 0.6) is 5.75 Å². The van der Waals surface area contributed by atoms with Gasteiger partial charge in [0.1, 0.15) is 17.5 Å². The van der Waals surface area contributed by atoms with Crippen molar-refractivity contribution in [1.29, 1.82) is 0 Å². The van der Waals surface area contributed by atoms with Gasteiger partial charge in [0.05, 0.1) is 29.3 Å². The highest BCUT2D eigenvalue weighted by Crippen LogP contribution is 2.55. The standard InChI is InChI=1S/C30H22F3N3O5S2/c1-41-20-13-6-5-12-19(20)22-23-24(27(39)36(26(23)38)18-11-7-8-16(14-18)30(31,32)33)42-28-25(22)43-29(40)35(28)15-21(37)34-17-9-3-2-4-10-17/h2-14,22-24H,15H2,1H3,(H,34,37). The van der Waals surface area contributed by atoms with Gasteiger partial charge in [-0.15, -0.1) is 0 Å². The van der Waals surface area contributed by atoms with E-state index in [0.29, 0.717) is 26.9 Å². The van der Waals surface area contributed by atoms with E-state index in [2.05, 4.69) is 5.32 Å². The van der Waals surface area contributed by atoms with Gasteiger partial charge in [0.25, 0.3) is 0 Å². The summed E-state index contributed by atoms with van der Waals surface area (Å²) in [5.74, 6) is -3.32. The Hall–Kier alpha value is -4.36. The molecule has 220 valence electrons. The fraction of sp³-hybridized carbons (Fsp3) is 0.200. The van der Waals surface area contributed by atoms with Gasteiger partial charge in [-0.25, -0.2) is 4.90 Å². The number of thiazole rings is 1. The molecule has 3 atom stereocenters. The topological polar surface area (TPSA) is 97.7 Å². The number of carbonyl (C=O) groups excluding carboxylic acids is 3. The van der Waals surface area contributed by atoms with E-state index in [1.807, 2.05) is 0 Å². The number of amides is 3. The molecule has 2 aliphatic rings. The SMILES string of the molecule is COc1ccccc1C1c2sc(=O)n(CC(=O)Nc3ccccc3)c2SC2C(=O)N(c3cccc(C(F)(F)F)c3)C(=O)C21. The molecule has 1 saturated heterocycles. The third-order valence-corrected chi connectivity index (χ3v) is 9.92. The highest BCUT2D eigenvalue weighted by Gasteiger charge is 2.57. The lowest BCUT2D eigenvalue weighted by Crippen LogP contribution is -2.33. The van der Waals surface area contributed by atoms with Crippen LogP contribution >= 0.6 is 23.1 Å². The van der Waals surface area contributed by atoms with Crippen molar-refractivity contribution < 1.29 is 32.3 Å². The van der Waals surface area contributed by atoms with Crippen molar-refractivity contribution in [2.75, 3.05) is 17.3 Å². The van der Waals surface area contributed by atoms with Crippen LogP contribution < -0.4 is 19.8 Å². The summed E-state index contributed by atoms with van der Waals surface area (Å²) in [6.45, 7) is -0.345. The van der Waals surface area contributed by atoms with E-state index in [-0.39, 0.29) is 12.2 Å². The highest BCUT2D eigenvalue weighted by molar-refractivity contribution is 8.00. The van der Waals surface area contributed by atoms with Crippen molar-refractivity contribution >= 4 is 52.2 Å². The molecule has 6 rings (SSSR count). The monoisotopic (exact) mass is 625 g/mol. The molecule has 4 aromatic rings. The van der Waals surface area contributed by atoms with E-state index >= 15 is 0 Å². The fourth-order valence-electron chi connectivity index (χ4n) is 5.46. The molecule has 2 aliphatic heterocycles. The minimum atomic E-state index is -4.68. The molecule has 1 aromatic heterocycles. The number of para-hydroxylation sites is 2. The number of thioether (sulfide) groups is 1. The lowest BCUT2D eigenvalue weighted by atomic mass is 9.82. The molecule has 8 nitrogen and oxygen atoms in total. The number of nitrogens with one attached hydrogen (secondary N) is 1. The second kappa shape index (κ2) is 11.0. The lowest BCUT2D eigenvalue weighted by Gasteiger charge is -2.31. The Balaban J connectivity index is 1.44. The number of benzene rings is 3. The van der Waals surface area contributed by atoms with Gasteiger partial charge in [0, 0.05) is 22.0 Å². The molecule has 3 heterocycles. The number of nitrogens with zero attached hydrogens (tertiary/aromatic N) is 2. The number of halogens is 3. The molecular weight excluding hydrogens is 603 g/mol.